The molecule has 2 atom stereocenters. The van der Waals surface area contributed by atoms with Gasteiger partial charge in [-0.1, -0.05) is 48.7 Å². The third-order valence-electron chi connectivity index (χ3n) is 7.81. The van der Waals surface area contributed by atoms with Crippen LogP contribution in [0.1, 0.15) is 36.0 Å². The highest BCUT2D eigenvalue weighted by molar-refractivity contribution is 7.89. The molecule has 1 aromatic heterocycles. The lowest BCUT2D eigenvalue weighted by molar-refractivity contribution is 0.0291. The first kappa shape index (κ1) is 25.0. The largest absolute Gasteiger partial charge is 0.333 e. The van der Waals surface area contributed by atoms with Gasteiger partial charge < -0.3 is 4.90 Å². The second kappa shape index (κ2) is 10.1. The Kier molecular flexibility index (Phi) is 6.68. The van der Waals surface area contributed by atoms with Crippen molar-refractivity contribution in [3.8, 4) is 11.1 Å². The number of sulfonamides is 1. The van der Waals surface area contributed by atoms with E-state index in [4.69, 9.17) is 11.6 Å². The number of rotatable bonds is 4. The highest BCUT2D eigenvalue weighted by Crippen LogP contribution is 2.35. The fourth-order valence-corrected chi connectivity index (χ4v) is 7.78. The number of hydrogen-bond acceptors (Lipinski definition) is 4. The van der Waals surface area contributed by atoms with E-state index in [1.54, 1.807) is 34.9 Å². The predicted molar refractivity (Wildman–Crippen MR) is 150 cm³/mol. The highest BCUT2D eigenvalue weighted by Gasteiger charge is 2.45. The van der Waals surface area contributed by atoms with Gasteiger partial charge in [-0.15, -0.1) is 0 Å². The fourth-order valence-electron chi connectivity index (χ4n) is 5.89. The van der Waals surface area contributed by atoms with Gasteiger partial charge in [0.1, 0.15) is 0 Å². The van der Waals surface area contributed by atoms with Gasteiger partial charge >= 0.3 is 0 Å². The van der Waals surface area contributed by atoms with Crippen LogP contribution in [-0.4, -0.2) is 53.7 Å². The molecule has 0 radical (unpaired) electrons. The molecule has 194 valence electrons. The molecule has 2 heterocycles. The van der Waals surface area contributed by atoms with Crippen LogP contribution in [0.25, 0.3) is 21.9 Å². The van der Waals surface area contributed by atoms with Crippen LogP contribution in [0.15, 0.2) is 90.1 Å². The number of carbonyl (C=O) groups excluding carboxylic acids is 1. The predicted octanol–water partition coefficient (Wildman–Crippen LogP) is 6.01. The molecule has 1 amide bonds. The smallest absolute Gasteiger partial charge is 0.254 e. The number of pyridine rings is 1. The molecule has 3 aromatic carbocycles. The second-order valence-corrected chi connectivity index (χ2v) is 12.3. The maximum atomic E-state index is 13.9. The minimum atomic E-state index is -3.73. The minimum absolute atomic E-state index is 0.0391. The molecule has 38 heavy (non-hydrogen) atoms. The zero-order valence-electron chi connectivity index (χ0n) is 20.8. The van der Waals surface area contributed by atoms with E-state index in [2.05, 4.69) is 4.98 Å². The average molecular weight is 546 g/mol. The molecule has 1 aliphatic heterocycles. The first-order chi connectivity index (χ1) is 18.4. The maximum absolute atomic E-state index is 13.9. The topological polar surface area (TPSA) is 70.6 Å². The first-order valence-electron chi connectivity index (χ1n) is 12.9. The fraction of sp³-hybridized carbons (Fsp3) is 0.267. The molecular weight excluding hydrogens is 518 g/mol. The molecule has 0 spiro atoms. The summed E-state index contributed by atoms with van der Waals surface area (Å²) in [6.07, 6.45) is 6.98. The van der Waals surface area contributed by atoms with E-state index >= 15 is 0 Å². The molecule has 6 nitrogen and oxygen atoms in total. The number of nitrogens with zero attached hydrogens (tertiary/aromatic N) is 3. The van der Waals surface area contributed by atoms with Crippen molar-refractivity contribution in [3.05, 3.63) is 95.8 Å². The Bertz CT molecular complexity index is 1590. The number of aromatic nitrogens is 1. The van der Waals surface area contributed by atoms with Crippen LogP contribution in [0.2, 0.25) is 5.02 Å². The third-order valence-corrected chi connectivity index (χ3v) is 9.97. The monoisotopic (exact) mass is 545 g/mol. The molecule has 8 heteroatoms. The summed E-state index contributed by atoms with van der Waals surface area (Å²) >= 11 is 6.10. The van der Waals surface area contributed by atoms with E-state index < -0.39 is 10.0 Å². The second-order valence-electron chi connectivity index (χ2n) is 10.00. The normalized spacial score (nSPS) is 20.3. The molecule has 0 N–H and O–H groups in total. The van der Waals surface area contributed by atoms with Crippen LogP contribution in [0.4, 0.5) is 0 Å². The van der Waals surface area contributed by atoms with Gasteiger partial charge in [-0.2, -0.15) is 4.31 Å². The van der Waals surface area contributed by atoms with Gasteiger partial charge in [0.15, 0.2) is 0 Å². The lowest BCUT2D eigenvalue weighted by Gasteiger charge is -2.49. The van der Waals surface area contributed by atoms with Gasteiger partial charge in [-0.05, 0) is 83.3 Å². The number of fused-ring (bicyclic) bond motifs is 2. The van der Waals surface area contributed by atoms with Gasteiger partial charge in [0.05, 0.1) is 4.90 Å². The maximum Gasteiger partial charge on any atom is 0.254 e. The summed E-state index contributed by atoms with van der Waals surface area (Å²) in [5.74, 6) is -0.0391. The van der Waals surface area contributed by atoms with Crippen molar-refractivity contribution in [2.24, 2.45) is 0 Å². The summed E-state index contributed by atoms with van der Waals surface area (Å²) in [4.78, 5) is 19.9. The molecular formula is C30H28ClN3O3S. The molecule has 2 fully saturated rings. The summed E-state index contributed by atoms with van der Waals surface area (Å²) in [5.41, 5.74) is 2.69. The highest BCUT2D eigenvalue weighted by atomic mass is 35.5. The van der Waals surface area contributed by atoms with E-state index in [0.717, 1.165) is 47.6 Å². The van der Waals surface area contributed by atoms with Crippen molar-refractivity contribution in [2.45, 2.75) is 42.7 Å². The van der Waals surface area contributed by atoms with E-state index in [0.29, 0.717) is 17.1 Å². The van der Waals surface area contributed by atoms with Crippen LogP contribution < -0.4 is 0 Å². The summed E-state index contributed by atoms with van der Waals surface area (Å²) in [7, 11) is -3.73. The van der Waals surface area contributed by atoms with E-state index in [9.17, 15) is 13.2 Å². The van der Waals surface area contributed by atoms with Crippen LogP contribution in [0, 0.1) is 0 Å². The Morgan fingerprint density at radius 2 is 1.45 bits per heavy atom. The van der Waals surface area contributed by atoms with Gasteiger partial charge in [0.25, 0.3) is 5.91 Å². The summed E-state index contributed by atoms with van der Waals surface area (Å²) in [5, 5.41) is 2.35. The quantitative estimate of drug-likeness (QED) is 0.315. The Balaban J connectivity index is 1.26. The summed E-state index contributed by atoms with van der Waals surface area (Å²) in [6, 6.07) is 21.8. The number of piperazine rings is 1. The van der Waals surface area contributed by atoms with Crippen LogP contribution >= 0.6 is 11.6 Å². The van der Waals surface area contributed by atoms with E-state index in [1.165, 1.54) is 0 Å². The number of benzene rings is 3. The van der Waals surface area contributed by atoms with Crippen LogP contribution in [0.5, 0.6) is 0 Å². The number of hydrogen-bond donors (Lipinski definition) is 0. The third kappa shape index (κ3) is 4.59. The first-order valence-corrected chi connectivity index (χ1v) is 14.8. The zero-order valence-corrected chi connectivity index (χ0v) is 22.4. The van der Waals surface area contributed by atoms with E-state index in [-0.39, 0.29) is 29.4 Å². The molecule has 1 saturated heterocycles. The lowest BCUT2D eigenvalue weighted by atomic mass is 9.87. The van der Waals surface area contributed by atoms with Gasteiger partial charge in [0, 0.05) is 48.2 Å². The van der Waals surface area contributed by atoms with E-state index in [1.807, 2.05) is 59.5 Å². The number of amides is 1. The van der Waals surface area contributed by atoms with Crippen molar-refractivity contribution in [1.82, 2.24) is 14.2 Å². The molecule has 1 aliphatic carbocycles. The Morgan fingerprint density at radius 3 is 2.21 bits per heavy atom. The molecule has 1 saturated carbocycles. The standard InChI is InChI=1S/C30H28ClN3O3S/c31-26-11-9-25-20-27(12-10-24(25)19-26)38(36,37)34-18-17-33(28-3-1-2-4-29(28)34)30(35)23-7-5-21(6-8-23)22-13-15-32-16-14-22/h5-16,19-20,28-29H,1-4,17-18H2. The molecule has 2 aliphatic rings. The van der Waals surface area contributed by atoms with Crippen LogP contribution in [-0.2, 0) is 10.0 Å². The van der Waals surface area contributed by atoms with Crippen molar-refractivity contribution in [1.29, 1.82) is 0 Å². The SMILES string of the molecule is O=C(c1ccc(-c2ccncc2)cc1)N1CCN(S(=O)(=O)c2ccc3cc(Cl)ccc3c2)C2CCCCC21. The Labute approximate surface area is 227 Å². The van der Waals surface area contributed by atoms with Crippen molar-refractivity contribution >= 4 is 38.3 Å². The van der Waals surface area contributed by atoms with Crippen LogP contribution in [0.3, 0.4) is 0 Å². The number of carbonyl (C=O) groups is 1. The van der Waals surface area contributed by atoms with Gasteiger partial charge in [-0.25, -0.2) is 8.42 Å². The molecule has 6 rings (SSSR count). The summed E-state index contributed by atoms with van der Waals surface area (Å²) < 4.78 is 29.4. The lowest BCUT2D eigenvalue weighted by Crippen LogP contribution is -2.63. The Morgan fingerprint density at radius 1 is 0.789 bits per heavy atom. The molecule has 4 aromatic rings. The van der Waals surface area contributed by atoms with Crippen molar-refractivity contribution < 1.29 is 13.2 Å². The molecule has 0 bridgehead atoms. The minimum Gasteiger partial charge on any atom is -0.333 e. The van der Waals surface area contributed by atoms with Crippen molar-refractivity contribution in [3.63, 3.8) is 0 Å². The number of halogens is 1. The zero-order chi connectivity index (χ0) is 26.3. The molecule has 2 unspecified atom stereocenters. The Hall–Kier alpha value is -3.26. The van der Waals surface area contributed by atoms with Gasteiger partial charge in [0.2, 0.25) is 10.0 Å². The van der Waals surface area contributed by atoms with Crippen molar-refractivity contribution in [2.75, 3.05) is 13.1 Å². The average Bonchev–Trinajstić information content (AvgIpc) is 2.96. The summed E-state index contributed by atoms with van der Waals surface area (Å²) in [6.45, 7) is 0.650. The van der Waals surface area contributed by atoms with Gasteiger partial charge in [-0.3, -0.25) is 9.78 Å².